The second-order valence-electron chi connectivity index (χ2n) is 5.37. The van der Waals surface area contributed by atoms with Crippen LogP contribution in [0.5, 0.6) is 0 Å². The van der Waals surface area contributed by atoms with Crippen molar-refractivity contribution >= 4 is 17.4 Å². The molecular weight excluding hydrogens is 258 g/mol. The van der Waals surface area contributed by atoms with Gasteiger partial charge in [-0.25, -0.2) is 4.98 Å². The van der Waals surface area contributed by atoms with Crippen molar-refractivity contribution in [3.8, 4) is 0 Å². The van der Waals surface area contributed by atoms with Crippen molar-refractivity contribution in [3.05, 3.63) is 18.7 Å². The van der Waals surface area contributed by atoms with Gasteiger partial charge in [-0.15, -0.1) is 10.2 Å². The highest BCUT2D eigenvalue weighted by atomic mass is 16.4. The highest BCUT2D eigenvalue weighted by molar-refractivity contribution is 5.71. The molecule has 1 aliphatic carbocycles. The summed E-state index contributed by atoms with van der Waals surface area (Å²) in [5.41, 5.74) is 0.202. The second kappa shape index (κ2) is 5.07. The molecule has 2 N–H and O–H groups in total. The number of nitrogens with one attached hydrogen (secondary N) is 1. The molecule has 0 unspecified atom stereocenters. The first-order chi connectivity index (χ1) is 9.69. The molecule has 7 heteroatoms. The molecule has 20 heavy (non-hydrogen) atoms. The van der Waals surface area contributed by atoms with Crippen LogP contribution in [0.4, 0.5) is 5.82 Å². The van der Waals surface area contributed by atoms with E-state index in [4.69, 9.17) is 0 Å². The van der Waals surface area contributed by atoms with Gasteiger partial charge >= 0.3 is 5.97 Å². The number of aromatic nitrogens is 4. The van der Waals surface area contributed by atoms with E-state index in [2.05, 4.69) is 20.5 Å². The Balaban J connectivity index is 1.92. The molecule has 0 saturated heterocycles. The van der Waals surface area contributed by atoms with Gasteiger partial charge in [-0.1, -0.05) is 19.3 Å². The molecule has 2 aromatic rings. The predicted molar refractivity (Wildman–Crippen MR) is 72.5 cm³/mol. The lowest BCUT2D eigenvalue weighted by molar-refractivity contribution is -0.138. The summed E-state index contributed by atoms with van der Waals surface area (Å²) in [5.74, 6) is -0.180. The zero-order valence-electron chi connectivity index (χ0n) is 11.1. The number of anilines is 1. The van der Waals surface area contributed by atoms with Crippen molar-refractivity contribution in [3.63, 3.8) is 0 Å². The van der Waals surface area contributed by atoms with Gasteiger partial charge in [0.15, 0.2) is 5.82 Å². The summed E-state index contributed by atoms with van der Waals surface area (Å²) in [5, 5.41) is 20.4. The standard InChI is InChI=1S/C13H17N5O2/c19-10(20)8-13(4-2-1-3-5-13)16-11-12-17-15-9-18(12)7-6-14-11/h6-7,9H,1-5,8H2,(H,14,16)(H,19,20). The van der Waals surface area contributed by atoms with E-state index in [1.165, 1.54) is 0 Å². The van der Waals surface area contributed by atoms with E-state index in [1.807, 2.05) is 0 Å². The maximum Gasteiger partial charge on any atom is 0.305 e. The normalized spacial score (nSPS) is 18.0. The molecular formula is C13H17N5O2. The van der Waals surface area contributed by atoms with Gasteiger partial charge in [-0.2, -0.15) is 0 Å². The molecule has 0 amide bonds. The van der Waals surface area contributed by atoms with Crippen LogP contribution in [0.25, 0.3) is 5.65 Å². The number of carboxylic acids is 1. The molecule has 0 bridgehead atoms. The highest BCUT2D eigenvalue weighted by Crippen LogP contribution is 2.34. The molecule has 0 atom stereocenters. The van der Waals surface area contributed by atoms with Crippen LogP contribution in [0.1, 0.15) is 38.5 Å². The lowest BCUT2D eigenvalue weighted by Crippen LogP contribution is -2.42. The van der Waals surface area contributed by atoms with Gasteiger partial charge in [-0.05, 0) is 12.8 Å². The largest absolute Gasteiger partial charge is 0.481 e. The van der Waals surface area contributed by atoms with E-state index < -0.39 is 11.5 Å². The van der Waals surface area contributed by atoms with E-state index in [-0.39, 0.29) is 6.42 Å². The Morgan fingerprint density at radius 2 is 2.20 bits per heavy atom. The SMILES string of the molecule is O=C(O)CC1(Nc2nccn3cnnc23)CCCCC1. The molecule has 7 nitrogen and oxygen atoms in total. The molecule has 0 aromatic carbocycles. The van der Waals surface area contributed by atoms with Crippen LogP contribution in [0.3, 0.4) is 0 Å². The number of aliphatic carboxylic acids is 1. The molecule has 106 valence electrons. The molecule has 0 spiro atoms. The summed E-state index contributed by atoms with van der Waals surface area (Å²) in [4.78, 5) is 15.5. The van der Waals surface area contributed by atoms with Crippen LogP contribution in [-0.4, -0.2) is 36.2 Å². The van der Waals surface area contributed by atoms with Crippen LogP contribution in [0, 0.1) is 0 Å². The Bertz CT molecular complexity index is 618. The molecule has 0 radical (unpaired) electrons. The summed E-state index contributed by atoms with van der Waals surface area (Å²) in [7, 11) is 0. The van der Waals surface area contributed by atoms with Crippen molar-refractivity contribution in [1.29, 1.82) is 0 Å². The van der Waals surface area contributed by atoms with Crippen LogP contribution in [-0.2, 0) is 4.79 Å². The Morgan fingerprint density at radius 3 is 2.95 bits per heavy atom. The minimum absolute atomic E-state index is 0.101. The lowest BCUT2D eigenvalue weighted by Gasteiger charge is -2.37. The minimum Gasteiger partial charge on any atom is -0.481 e. The number of hydrogen-bond acceptors (Lipinski definition) is 5. The third kappa shape index (κ3) is 2.43. The average molecular weight is 275 g/mol. The molecule has 0 aliphatic heterocycles. The van der Waals surface area contributed by atoms with Crippen molar-refractivity contribution < 1.29 is 9.90 Å². The zero-order valence-corrected chi connectivity index (χ0v) is 11.1. The average Bonchev–Trinajstić information content (AvgIpc) is 2.88. The minimum atomic E-state index is -0.784. The van der Waals surface area contributed by atoms with Gasteiger partial charge in [0.25, 0.3) is 0 Å². The second-order valence-corrected chi connectivity index (χ2v) is 5.37. The molecule has 1 aliphatic rings. The lowest BCUT2D eigenvalue weighted by atomic mass is 9.79. The first-order valence-corrected chi connectivity index (χ1v) is 6.83. The first-order valence-electron chi connectivity index (χ1n) is 6.83. The Kier molecular flexibility index (Phi) is 3.25. The highest BCUT2D eigenvalue weighted by Gasteiger charge is 2.35. The smallest absolute Gasteiger partial charge is 0.305 e. The van der Waals surface area contributed by atoms with Crippen molar-refractivity contribution in [2.75, 3.05) is 5.32 Å². The molecule has 3 rings (SSSR count). The summed E-state index contributed by atoms with van der Waals surface area (Å²) in [6.45, 7) is 0. The summed E-state index contributed by atoms with van der Waals surface area (Å²) in [6, 6.07) is 0. The van der Waals surface area contributed by atoms with Gasteiger partial charge in [0.2, 0.25) is 5.65 Å². The van der Waals surface area contributed by atoms with Gasteiger partial charge in [-0.3, -0.25) is 9.20 Å². The third-order valence-corrected chi connectivity index (χ3v) is 3.90. The molecule has 2 heterocycles. The van der Waals surface area contributed by atoms with Crippen molar-refractivity contribution in [2.45, 2.75) is 44.1 Å². The van der Waals surface area contributed by atoms with E-state index in [1.54, 1.807) is 23.1 Å². The predicted octanol–water partition coefficient (Wildman–Crippen LogP) is 1.71. The monoisotopic (exact) mass is 275 g/mol. The van der Waals surface area contributed by atoms with Crippen LogP contribution >= 0.6 is 0 Å². The molecule has 1 fully saturated rings. The van der Waals surface area contributed by atoms with Gasteiger partial charge in [0.1, 0.15) is 6.33 Å². The molecule has 1 saturated carbocycles. The fourth-order valence-electron chi connectivity index (χ4n) is 2.96. The number of hydrogen-bond donors (Lipinski definition) is 2. The number of rotatable bonds is 4. The van der Waals surface area contributed by atoms with Gasteiger partial charge in [0, 0.05) is 17.9 Å². The van der Waals surface area contributed by atoms with E-state index in [0.29, 0.717) is 11.5 Å². The fourth-order valence-corrected chi connectivity index (χ4v) is 2.96. The Morgan fingerprint density at radius 1 is 1.40 bits per heavy atom. The maximum absolute atomic E-state index is 11.2. The van der Waals surface area contributed by atoms with Crippen LogP contribution in [0.2, 0.25) is 0 Å². The summed E-state index contributed by atoms with van der Waals surface area (Å²) < 4.78 is 1.77. The van der Waals surface area contributed by atoms with E-state index >= 15 is 0 Å². The quantitative estimate of drug-likeness (QED) is 0.882. The maximum atomic E-state index is 11.2. The van der Waals surface area contributed by atoms with Gasteiger partial charge in [0.05, 0.1) is 6.42 Å². The number of carboxylic acid groups (broad SMARTS) is 1. The third-order valence-electron chi connectivity index (χ3n) is 3.90. The van der Waals surface area contributed by atoms with Crippen LogP contribution < -0.4 is 5.32 Å². The van der Waals surface area contributed by atoms with Gasteiger partial charge < -0.3 is 10.4 Å². The van der Waals surface area contributed by atoms with E-state index in [9.17, 15) is 9.90 Å². The number of carbonyl (C=O) groups is 1. The first kappa shape index (κ1) is 12.8. The summed E-state index contributed by atoms with van der Waals surface area (Å²) in [6.07, 6.45) is 10.1. The Hall–Kier alpha value is -2.18. The van der Waals surface area contributed by atoms with E-state index in [0.717, 1.165) is 32.1 Å². The topological polar surface area (TPSA) is 92.4 Å². The Labute approximate surface area is 116 Å². The number of fused-ring (bicyclic) bond motifs is 1. The number of nitrogens with zero attached hydrogens (tertiary/aromatic N) is 4. The zero-order chi connectivity index (χ0) is 14.0. The van der Waals surface area contributed by atoms with Crippen LogP contribution in [0.15, 0.2) is 18.7 Å². The van der Waals surface area contributed by atoms with Crippen molar-refractivity contribution in [1.82, 2.24) is 19.6 Å². The van der Waals surface area contributed by atoms with Crippen molar-refractivity contribution in [2.24, 2.45) is 0 Å². The fraction of sp³-hybridized carbons (Fsp3) is 0.538. The summed E-state index contributed by atoms with van der Waals surface area (Å²) >= 11 is 0. The molecule has 2 aromatic heterocycles.